The summed E-state index contributed by atoms with van der Waals surface area (Å²) in [5.74, 6) is -1.70. The van der Waals surface area contributed by atoms with Crippen LogP contribution in [0.1, 0.15) is 22.0 Å². The molecule has 1 aliphatic heterocycles. The lowest BCUT2D eigenvalue weighted by molar-refractivity contribution is -0.0107. The minimum absolute atomic E-state index is 0. The van der Waals surface area contributed by atoms with Crippen molar-refractivity contribution in [1.82, 2.24) is 10.3 Å². The van der Waals surface area contributed by atoms with Gasteiger partial charge in [-0.3, -0.25) is 0 Å². The van der Waals surface area contributed by atoms with Crippen LogP contribution in [0.25, 0.3) is 0 Å². The molecular formula is C17H17Cl2FN2O4. The van der Waals surface area contributed by atoms with Gasteiger partial charge < -0.3 is 19.9 Å². The molecule has 0 radical (unpaired) electrons. The quantitative estimate of drug-likeness (QED) is 0.817. The molecule has 1 fully saturated rings. The van der Waals surface area contributed by atoms with Crippen molar-refractivity contribution in [3.05, 3.63) is 58.5 Å². The molecule has 6 nitrogen and oxygen atoms in total. The van der Waals surface area contributed by atoms with Crippen LogP contribution in [0, 0.1) is 5.82 Å². The number of pyridine rings is 1. The Labute approximate surface area is 160 Å². The van der Waals surface area contributed by atoms with Crippen LogP contribution < -0.4 is 10.1 Å². The van der Waals surface area contributed by atoms with Gasteiger partial charge >= 0.3 is 5.97 Å². The van der Waals surface area contributed by atoms with Crippen molar-refractivity contribution in [2.75, 3.05) is 19.7 Å². The van der Waals surface area contributed by atoms with E-state index in [1.165, 1.54) is 30.5 Å². The molecule has 2 atom stereocenters. The molecule has 3 rings (SSSR count). The minimum atomic E-state index is -1.14. The summed E-state index contributed by atoms with van der Waals surface area (Å²) in [4.78, 5) is 15.3. The number of rotatable bonds is 4. The molecule has 26 heavy (non-hydrogen) atoms. The second-order valence-corrected chi connectivity index (χ2v) is 5.89. The summed E-state index contributed by atoms with van der Waals surface area (Å²) in [5, 5.41) is 12.4. The van der Waals surface area contributed by atoms with E-state index in [-0.39, 0.29) is 28.9 Å². The highest BCUT2D eigenvalue weighted by atomic mass is 35.5. The van der Waals surface area contributed by atoms with Gasteiger partial charge in [-0.25, -0.2) is 14.2 Å². The molecule has 1 aliphatic rings. The number of ether oxygens (including phenoxy) is 2. The Morgan fingerprint density at radius 3 is 2.96 bits per heavy atom. The van der Waals surface area contributed by atoms with Gasteiger partial charge in [-0.15, -0.1) is 12.4 Å². The lowest BCUT2D eigenvalue weighted by Crippen LogP contribution is -2.35. The topological polar surface area (TPSA) is 80.7 Å². The van der Waals surface area contributed by atoms with E-state index in [4.69, 9.17) is 21.1 Å². The third kappa shape index (κ3) is 4.62. The molecule has 0 saturated carbocycles. The second-order valence-electron chi connectivity index (χ2n) is 5.49. The average Bonchev–Trinajstić information content (AvgIpc) is 2.83. The Bertz CT molecular complexity index is 778. The fourth-order valence-electron chi connectivity index (χ4n) is 2.61. The normalized spacial score (nSPS) is 19.9. The summed E-state index contributed by atoms with van der Waals surface area (Å²) >= 11 is 5.74. The van der Waals surface area contributed by atoms with E-state index in [1.807, 2.05) is 0 Å². The highest BCUT2D eigenvalue weighted by Crippen LogP contribution is 2.29. The molecule has 0 bridgehead atoms. The first-order valence-electron chi connectivity index (χ1n) is 7.68. The number of aromatic carboxylic acids is 1. The van der Waals surface area contributed by atoms with E-state index in [1.54, 1.807) is 6.07 Å². The number of carboxylic acids is 1. The van der Waals surface area contributed by atoms with Crippen LogP contribution in [0.5, 0.6) is 5.88 Å². The molecule has 0 amide bonds. The number of nitrogens with zero attached hydrogens (tertiary/aromatic N) is 1. The smallest absolute Gasteiger partial charge is 0.341 e. The molecule has 9 heteroatoms. The van der Waals surface area contributed by atoms with Crippen LogP contribution in [0.2, 0.25) is 5.02 Å². The van der Waals surface area contributed by atoms with Gasteiger partial charge in [0, 0.05) is 19.3 Å². The first-order chi connectivity index (χ1) is 12.1. The first-order valence-corrected chi connectivity index (χ1v) is 8.06. The fourth-order valence-corrected chi connectivity index (χ4v) is 2.73. The third-order valence-corrected chi connectivity index (χ3v) is 4.10. The van der Waals surface area contributed by atoms with Crippen molar-refractivity contribution < 1.29 is 23.8 Å². The van der Waals surface area contributed by atoms with Crippen LogP contribution >= 0.6 is 24.0 Å². The molecule has 2 heterocycles. The summed E-state index contributed by atoms with van der Waals surface area (Å²) in [6, 6.07) is 7.34. The zero-order valence-corrected chi connectivity index (χ0v) is 15.1. The predicted molar refractivity (Wildman–Crippen MR) is 95.8 cm³/mol. The van der Waals surface area contributed by atoms with Crippen molar-refractivity contribution in [2.24, 2.45) is 0 Å². The van der Waals surface area contributed by atoms with E-state index in [0.717, 1.165) is 0 Å². The zero-order valence-electron chi connectivity index (χ0n) is 13.5. The molecule has 1 aromatic carbocycles. The summed E-state index contributed by atoms with van der Waals surface area (Å²) < 4.78 is 25.5. The number of aromatic nitrogens is 1. The first kappa shape index (κ1) is 20.4. The molecule has 140 valence electrons. The highest BCUT2D eigenvalue weighted by Gasteiger charge is 2.30. The van der Waals surface area contributed by atoms with Gasteiger partial charge in [-0.05, 0) is 29.8 Å². The monoisotopic (exact) mass is 402 g/mol. The van der Waals surface area contributed by atoms with Crippen molar-refractivity contribution in [2.45, 2.75) is 12.2 Å². The summed E-state index contributed by atoms with van der Waals surface area (Å²) in [5.41, 5.74) is 0.510. The second kappa shape index (κ2) is 9.14. The fraction of sp³-hybridized carbons (Fsp3) is 0.294. The molecule has 2 N–H and O–H groups in total. The van der Waals surface area contributed by atoms with Gasteiger partial charge in [0.2, 0.25) is 5.88 Å². The van der Waals surface area contributed by atoms with Crippen LogP contribution in [0.3, 0.4) is 0 Å². The van der Waals surface area contributed by atoms with Gasteiger partial charge in [0.05, 0.1) is 11.6 Å². The largest absolute Gasteiger partial charge is 0.477 e. The lowest BCUT2D eigenvalue weighted by atomic mass is 10.0. The lowest BCUT2D eigenvalue weighted by Gasteiger charge is -2.26. The standard InChI is InChI=1S/C17H16ClFN2O4.ClH/c18-12-4-3-10(8-13(12)19)15-14(9-20-6-7-24-15)25-16-11(17(22)23)2-1-5-21-16;/h1-5,8,14-15,20H,6-7,9H2,(H,22,23);1H. The third-order valence-electron chi connectivity index (χ3n) is 3.80. The summed E-state index contributed by atoms with van der Waals surface area (Å²) in [6.07, 6.45) is 0.269. The maximum atomic E-state index is 13.8. The average molecular weight is 403 g/mol. The molecular weight excluding hydrogens is 386 g/mol. The summed E-state index contributed by atoms with van der Waals surface area (Å²) in [7, 11) is 0. The molecule has 2 aromatic rings. The Morgan fingerprint density at radius 2 is 2.23 bits per heavy atom. The van der Waals surface area contributed by atoms with Gasteiger partial charge in [0.25, 0.3) is 0 Å². The number of hydrogen-bond donors (Lipinski definition) is 2. The van der Waals surface area contributed by atoms with Gasteiger partial charge in [0.15, 0.2) is 0 Å². The molecule has 2 unspecified atom stereocenters. The van der Waals surface area contributed by atoms with Gasteiger partial charge in [0.1, 0.15) is 23.6 Å². The summed E-state index contributed by atoms with van der Waals surface area (Å²) in [6.45, 7) is 1.40. The van der Waals surface area contributed by atoms with Crippen LogP contribution in [0.4, 0.5) is 4.39 Å². The number of carbonyl (C=O) groups is 1. The van der Waals surface area contributed by atoms with Crippen molar-refractivity contribution in [3.8, 4) is 5.88 Å². The van der Waals surface area contributed by atoms with Gasteiger partial charge in [-0.1, -0.05) is 17.7 Å². The minimum Gasteiger partial charge on any atom is -0.477 e. The van der Waals surface area contributed by atoms with Crippen molar-refractivity contribution in [3.63, 3.8) is 0 Å². The van der Waals surface area contributed by atoms with Gasteiger partial charge in [-0.2, -0.15) is 0 Å². The van der Waals surface area contributed by atoms with E-state index >= 15 is 0 Å². The predicted octanol–water partition coefficient (Wildman–Crippen LogP) is 3.10. The Kier molecular flexibility index (Phi) is 7.16. The number of nitrogens with one attached hydrogen (secondary N) is 1. The van der Waals surface area contributed by atoms with Crippen LogP contribution in [-0.4, -0.2) is 41.9 Å². The number of benzene rings is 1. The Hall–Kier alpha value is -1.93. The van der Waals surface area contributed by atoms with E-state index in [2.05, 4.69) is 10.3 Å². The molecule has 1 saturated heterocycles. The maximum absolute atomic E-state index is 13.8. The number of carboxylic acid groups (broad SMARTS) is 1. The Morgan fingerprint density at radius 1 is 1.42 bits per heavy atom. The number of hydrogen-bond acceptors (Lipinski definition) is 5. The van der Waals surface area contributed by atoms with Crippen LogP contribution in [-0.2, 0) is 4.74 Å². The molecule has 1 aromatic heterocycles. The SMILES string of the molecule is Cl.O=C(O)c1cccnc1OC1CNCCOC1c1ccc(Cl)c(F)c1. The van der Waals surface area contributed by atoms with E-state index in [0.29, 0.717) is 25.3 Å². The highest BCUT2D eigenvalue weighted by molar-refractivity contribution is 6.30. The van der Waals surface area contributed by atoms with Crippen LogP contribution in [0.15, 0.2) is 36.5 Å². The van der Waals surface area contributed by atoms with E-state index in [9.17, 15) is 14.3 Å². The maximum Gasteiger partial charge on any atom is 0.341 e. The number of halogens is 3. The van der Waals surface area contributed by atoms with Crippen molar-refractivity contribution in [1.29, 1.82) is 0 Å². The van der Waals surface area contributed by atoms with E-state index < -0.39 is 24.0 Å². The molecule has 0 aliphatic carbocycles. The molecule has 0 spiro atoms. The van der Waals surface area contributed by atoms with Crippen molar-refractivity contribution >= 4 is 30.0 Å². The zero-order chi connectivity index (χ0) is 17.8. The Balaban J connectivity index is 0.00000243.